The third-order valence-electron chi connectivity index (χ3n) is 5.20. The molecule has 0 aromatic heterocycles. The van der Waals surface area contributed by atoms with E-state index in [0.29, 0.717) is 11.6 Å². The molecule has 1 N–H and O–H groups in total. The maximum absolute atomic E-state index is 11.5. The van der Waals surface area contributed by atoms with Crippen LogP contribution in [0, 0.1) is 17.8 Å². The van der Waals surface area contributed by atoms with Gasteiger partial charge in [0.05, 0.1) is 12.8 Å². The number of likely N-dealkylation sites (tertiary alicyclic amines) is 1. The summed E-state index contributed by atoms with van der Waals surface area (Å²) in [6, 6.07) is 7.83. The first-order valence-corrected chi connectivity index (χ1v) is 10.9. The molecule has 2 atom stereocenters. The number of rotatable bonds is 5. The molecule has 0 saturated carbocycles. The molecule has 0 spiro atoms. The second-order valence-corrected chi connectivity index (χ2v) is 9.11. The number of nitrogens with zero attached hydrogens (tertiary/aromatic N) is 1. The summed E-state index contributed by atoms with van der Waals surface area (Å²) < 4.78 is 25.6. The van der Waals surface area contributed by atoms with Crippen molar-refractivity contribution in [3.8, 4) is 11.8 Å². The van der Waals surface area contributed by atoms with Crippen molar-refractivity contribution in [2.75, 3.05) is 30.6 Å². The summed E-state index contributed by atoms with van der Waals surface area (Å²) in [5.74, 6) is 6.97. The quantitative estimate of drug-likeness (QED) is 0.816. The topological polar surface area (TPSA) is 49.4 Å². The van der Waals surface area contributed by atoms with Gasteiger partial charge < -0.3 is 0 Å². The molecule has 0 bridgehead atoms. The summed E-state index contributed by atoms with van der Waals surface area (Å²) in [5.41, 5.74) is 1.88. The minimum atomic E-state index is -3.26. The molecule has 1 saturated heterocycles. The zero-order chi connectivity index (χ0) is 18.5. The van der Waals surface area contributed by atoms with Gasteiger partial charge in [0.15, 0.2) is 0 Å². The van der Waals surface area contributed by atoms with Gasteiger partial charge in [0.1, 0.15) is 0 Å². The molecule has 1 aromatic rings. The molecule has 0 radical (unpaired) electrons. The molecule has 0 aliphatic carbocycles. The zero-order valence-corrected chi connectivity index (χ0v) is 16.6. The van der Waals surface area contributed by atoms with Crippen LogP contribution in [0.25, 0.3) is 0 Å². The molecule has 25 heavy (non-hydrogen) atoms. The average Bonchev–Trinajstić information content (AvgIpc) is 2.53. The molecule has 1 aliphatic heterocycles. The first-order valence-electron chi connectivity index (χ1n) is 9.01. The first kappa shape index (κ1) is 19.8. The molecule has 0 unspecified atom stereocenters. The summed E-state index contributed by atoms with van der Waals surface area (Å²) in [7, 11) is -3.26. The van der Waals surface area contributed by atoms with E-state index < -0.39 is 10.0 Å². The fraction of sp³-hybridized carbons (Fsp3) is 0.600. The predicted octanol–water partition coefficient (Wildman–Crippen LogP) is 3.46. The van der Waals surface area contributed by atoms with Gasteiger partial charge in [-0.1, -0.05) is 38.8 Å². The number of benzene rings is 1. The first-order chi connectivity index (χ1) is 11.7. The lowest BCUT2D eigenvalue weighted by Gasteiger charge is -2.44. The number of anilines is 1. The third-order valence-corrected chi connectivity index (χ3v) is 5.80. The minimum Gasteiger partial charge on any atom is -0.292 e. The summed E-state index contributed by atoms with van der Waals surface area (Å²) >= 11 is 0. The Morgan fingerprint density at radius 3 is 2.76 bits per heavy atom. The monoisotopic (exact) mass is 362 g/mol. The van der Waals surface area contributed by atoms with Gasteiger partial charge in [-0.25, -0.2) is 8.42 Å². The summed E-state index contributed by atoms with van der Waals surface area (Å²) in [4.78, 5) is 2.42. The average molecular weight is 363 g/mol. The second-order valence-electron chi connectivity index (χ2n) is 7.36. The zero-order valence-electron chi connectivity index (χ0n) is 15.8. The van der Waals surface area contributed by atoms with Crippen molar-refractivity contribution in [1.82, 2.24) is 4.90 Å². The van der Waals surface area contributed by atoms with Gasteiger partial charge >= 0.3 is 0 Å². The number of nitrogens with one attached hydrogen (secondary N) is 1. The molecule has 2 rings (SSSR count). The third kappa shape index (κ3) is 5.49. The van der Waals surface area contributed by atoms with Crippen molar-refractivity contribution in [2.24, 2.45) is 5.92 Å². The van der Waals surface area contributed by atoms with Crippen LogP contribution in [-0.2, 0) is 15.4 Å². The van der Waals surface area contributed by atoms with Crippen LogP contribution >= 0.6 is 0 Å². The minimum absolute atomic E-state index is 0.0442. The molecular formula is C20H30N2O2S. The molecular weight excluding hydrogens is 332 g/mol. The summed E-state index contributed by atoms with van der Waals surface area (Å²) in [6.45, 7) is 9.60. The van der Waals surface area contributed by atoms with Gasteiger partial charge in [-0.05, 0) is 48.4 Å². The second kappa shape index (κ2) is 8.25. The highest BCUT2D eigenvalue weighted by atomic mass is 32.2. The van der Waals surface area contributed by atoms with E-state index in [9.17, 15) is 8.42 Å². The van der Waals surface area contributed by atoms with Crippen LogP contribution in [0.15, 0.2) is 24.3 Å². The summed E-state index contributed by atoms with van der Waals surface area (Å²) in [6.07, 6.45) is 4.31. The van der Waals surface area contributed by atoms with Gasteiger partial charge in [0.25, 0.3) is 0 Å². The molecule has 138 valence electrons. The standard InChI is InChI=1S/C20H30N2O2S/c1-5-6-7-8-13-22-14-12-20(3,17(2)16-22)18-10-9-11-19(15-18)21-25(4,23)24/h9-11,15,17,21H,5-6,12-14,16H2,1-4H3/t17-,20-/m0/s1. The van der Waals surface area contributed by atoms with Crippen LogP contribution in [0.5, 0.6) is 0 Å². The van der Waals surface area contributed by atoms with E-state index in [1.165, 1.54) is 11.8 Å². The Labute approximate surface area is 153 Å². The van der Waals surface area contributed by atoms with Gasteiger partial charge in [0.2, 0.25) is 10.0 Å². The van der Waals surface area contributed by atoms with Crippen molar-refractivity contribution < 1.29 is 8.42 Å². The van der Waals surface area contributed by atoms with Crippen LogP contribution < -0.4 is 4.72 Å². The normalized spacial score (nSPS) is 24.4. The highest BCUT2D eigenvalue weighted by molar-refractivity contribution is 7.92. The highest BCUT2D eigenvalue weighted by Gasteiger charge is 2.37. The smallest absolute Gasteiger partial charge is 0.229 e. The van der Waals surface area contributed by atoms with Crippen LogP contribution in [-0.4, -0.2) is 39.2 Å². The van der Waals surface area contributed by atoms with E-state index in [0.717, 1.165) is 38.9 Å². The lowest BCUT2D eigenvalue weighted by molar-refractivity contribution is 0.123. The van der Waals surface area contributed by atoms with E-state index in [2.05, 4.69) is 48.3 Å². The lowest BCUT2D eigenvalue weighted by atomic mass is 9.68. The highest BCUT2D eigenvalue weighted by Crippen LogP contribution is 2.40. The molecule has 1 aromatic carbocycles. The van der Waals surface area contributed by atoms with Crippen LogP contribution in [0.4, 0.5) is 5.69 Å². The Hall–Kier alpha value is -1.51. The Bertz CT molecular complexity index is 748. The van der Waals surface area contributed by atoms with Crippen LogP contribution in [0.3, 0.4) is 0 Å². The molecule has 5 heteroatoms. The van der Waals surface area contributed by atoms with E-state index in [1.807, 2.05) is 12.1 Å². The maximum atomic E-state index is 11.5. The molecule has 0 amide bonds. The lowest BCUT2D eigenvalue weighted by Crippen LogP contribution is -2.47. The van der Waals surface area contributed by atoms with Gasteiger partial charge in [-0.2, -0.15) is 0 Å². The van der Waals surface area contributed by atoms with Crippen molar-refractivity contribution >= 4 is 15.7 Å². The number of sulfonamides is 1. The van der Waals surface area contributed by atoms with Crippen molar-refractivity contribution in [3.63, 3.8) is 0 Å². The van der Waals surface area contributed by atoms with E-state index in [-0.39, 0.29) is 5.41 Å². The Balaban J connectivity index is 2.10. The molecule has 1 fully saturated rings. The molecule has 1 aliphatic rings. The predicted molar refractivity (Wildman–Crippen MR) is 105 cm³/mol. The van der Waals surface area contributed by atoms with E-state index >= 15 is 0 Å². The van der Waals surface area contributed by atoms with Crippen LogP contribution in [0.1, 0.15) is 45.6 Å². The number of hydrogen-bond donors (Lipinski definition) is 1. The van der Waals surface area contributed by atoms with Crippen LogP contribution in [0.2, 0.25) is 0 Å². The van der Waals surface area contributed by atoms with Crippen molar-refractivity contribution in [3.05, 3.63) is 29.8 Å². The Kier molecular flexibility index (Phi) is 6.53. The van der Waals surface area contributed by atoms with Crippen molar-refractivity contribution in [1.29, 1.82) is 0 Å². The number of unbranched alkanes of at least 4 members (excludes halogenated alkanes) is 1. The van der Waals surface area contributed by atoms with Gasteiger partial charge in [0, 0.05) is 18.7 Å². The molecule has 1 heterocycles. The fourth-order valence-corrected chi connectivity index (χ4v) is 3.98. The number of piperidine rings is 1. The maximum Gasteiger partial charge on any atom is 0.229 e. The number of hydrogen-bond acceptors (Lipinski definition) is 3. The van der Waals surface area contributed by atoms with Gasteiger partial charge in [-0.3, -0.25) is 9.62 Å². The van der Waals surface area contributed by atoms with Crippen molar-refractivity contribution in [2.45, 2.75) is 45.4 Å². The molecule has 4 nitrogen and oxygen atoms in total. The van der Waals surface area contributed by atoms with Gasteiger partial charge in [-0.15, -0.1) is 5.92 Å². The van der Waals surface area contributed by atoms with E-state index in [1.54, 1.807) is 6.07 Å². The fourth-order valence-electron chi connectivity index (χ4n) is 3.42. The largest absolute Gasteiger partial charge is 0.292 e. The van der Waals surface area contributed by atoms with E-state index in [4.69, 9.17) is 0 Å². The SMILES string of the molecule is CCCC#CCN1CC[C@](C)(c2cccc(NS(C)(=O)=O)c2)[C@@H](C)C1. The Morgan fingerprint density at radius 2 is 2.12 bits per heavy atom. The summed E-state index contributed by atoms with van der Waals surface area (Å²) in [5, 5.41) is 0. The Morgan fingerprint density at radius 1 is 1.36 bits per heavy atom.